The maximum Gasteiger partial charge on any atom is 0.311 e. The molecular formula is C31H39N3O6S. The number of benzene rings is 1. The summed E-state index contributed by atoms with van der Waals surface area (Å²) in [5, 5.41) is 10.4. The fourth-order valence-corrected chi connectivity index (χ4v) is 9.05. The molecule has 220 valence electrons. The summed E-state index contributed by atoms with van der Waals surface area (Å²) < 4.78 is 10.2. The van der Waals surface area contributed by atoms with E-state index < -0.39 is 28.7 Å². The molecule has 1 unspecified atom stereocenters. The summed E-state index contributed by atoms with van der Waals surface area (Å²) in [7, 11) is 0. The first kappa shape index (κ1) is 28.5. The number of likely N-dealkylation sites (tertiary alicyclic amines) is 1. The predicted octanol–water partition coefficient (Wildman–Crippen LogP) is 1.51. The highest BCUT2D eigenvalue weighted by atomic mass is 32.2. The number of allylic oxidation sites excluding steroid dienone is 1. The number of carbonyl (C=O) groups is 3. The first-order valence-electron chi connectivity index (χ1n) is 14.8. The van der Waals surface area contributed by atoms with Crippen LogP contribution in [0.3, 0.4) is 0 Å². The molecular weight excluding hydrogens is 542 g/mol. The number of nitrogens with zero attached hydrogens (tertiary/aromatic N) is 3. The molecule has 9 nitrogen and oxygen atoms in total. The molecule has 5 aliphatic rings. The maximum atomic E-state index is 14.6. The van der Waals surface area contributed by atoms with Gasteiger partial charge in [0.25, 0.3) is 0 Å². The van der Waals surface area contributed by atoms with Crippen molar-refractivity contribution in [3.63, 3.8) is 0 Å². The van der Waals surface area contributed by atoms with Gasteiger partial charge in [-0.3, -0.25) is 19.3 Å². The minimum Gasteiger partial charge on any atom is -0.465 e. The Bertz CT molecular complexity index is 1190. The number of thioether (sulfide) groups is 1. The third-order valence-electron chi connectivity index (χ3n) is 9.08. The van der Waals surface area contributed by atoms with Crippen LogP contribution in [-0.2, 0) is 30.3 Å². The Morgan fingerprint density at radius 2 is 1.83 bits per heavy atom. The minimum absolute atomic E-state index is 0.123. The van der Waals surface area contributed by atoms with Gasteiger partial charge in [0.05, 0.1) is 49.1 Å². The number of amides is 2. The Labute approximate surface area is 245 Å². The van der Waals surface area contributed by atoms with E-state index in [9.17, 15) is 19.5 Å². The Morgan fingerprint density at radius 1 is 1.02 bits per heavy atom. The van der Waals surface area contributed by atoms with Gasteiger partial charge in [0.15, 0.2) is 0 Å². The normalized spacial score (nSPS) is 33.6. The van der Waals surface area contributed by atoms with E-state index in [1.807, 2.05) is 53.5 Å². The lowest BCUT2D eigenvalue weighted by Crippen LogP contribution is -2.57. The van der Waals surface area contributed by atoms with Gasteiger partial charge in [-0.25, -0.2) is 0 Å². The number of aliphatic hydroxyl groups is 1. The number of ether oxygens (including phenoxy) is 2. The first-order valence-corrected chi connectivity index (χ1v) is 15.7. The molecule has 0 radical (unpaired) electrons. The number of fused-ring (bicyclic) bond motifs is 2. The van der Waals surface area contributed by atoms with Crippen molar-refractivity contribution in [1.82, 2.24) is 14.7 Å². The Balaban J connectivity index is 1.37. The summed E-state index contributed by atoms with van der Waals surface area (Å²) in [5.41, 5.74) is 0.974. The summed E-state index contributed by atoms with van der Waals surface area (Å²) in [6, 6.07) is 8.29. The monoisotopic (exact) mass is 581 g/mol. The van der Waals surface area contributed by atoms with Crippen LogP contribution in [0.15, 0.2) is 54.6 Å². The van der Waals surface area contributed by atoms with Crippen LogP contribution in [0.4, 0.5) is 0 Å². The van der Waals surface area contributed by atoms with Gasteiger partial charge in [-0.15, -0.1) is 11.8 Å². The van der Waals surface area contributed by atoms with E-state index in [-0.39, 0.29) is 29.6 Å². The number of hydrogen-bond donors (Lipinski definition) is 1. The summed E-state index contributed by atoms with van der Waals surface area (Å²) >= 11 is 1.55. The number of esters is 1. The van der Waals surface area contributed by atoms with E-state index in [0.29, 0.717) is 39.3 Å². The molecule has 1 aromatic carbocycles. The molecule has 1 aromatic rings. The molecule has 6 rings (SSSR count). The standard InChI is InChI=1S/C31H39N3O6S/c35-21-23(20-22-8-3-1-4-9-22)34-27-29(37)33(14-13-32-15-18-39-19-16-32)12-7-11-31(27)26(28(34)36)25-24(41-31)10-5-2-6-17-40-30(25)38/h1,3-5,7-11,23-27,35H,2,6,12-21H2/b10-5-/t23-,24-,25+,26+,27?,31+/m1/s1. The van der Waals surface area contributed by atoms with E-state index >= 15 is 0 Å². The summed E-state index contributed by atoms with van der Waals surface area (Å²) in [6.07, 6.45) is 10.1. The van der Waals surface area contributed by atoms with Gasteiger partial charge < -0.3 is 24.4 Å². The van der Waals surface area contributed by atoms with Crippen LogP contribution < -0.4 is 0 Å². The summed E-state index contributed by atoms with van der Waals surface area (Å²) in [4.78, 5) is 48.3. The van der Waals surface area contributed by atoms with Gasteiger partial charge in [0.1, 0.15) is 6.04 Å². The zero-order valence-electron chi connectivity index (χ0n) is 23.3. The Kier molecular flexibility index (Phi) is 8.53. The van der Waals surface area contributed by atoms with Gasteiger partial charge in [-0.1, -0.05) is 54.6 Å². The summed E-state index contributed by atoms with van der Waals surface area (Å²) in [6.45, 7) is 4.75. The number of carbonyl (C=O) groups excluding carboxylic acids is 3. The molecule has 2 amide bonds. The van der Waals surface area contributed by atoms with E-state index in [1.54, 1.807) is 16.7 Å². The Hall–Kier alpha value is -2.66. The van der Waals surface area contributed by atoms with Crippen molar-refractivity contribution in [2.24, 2.45) is 11.8 Å². The largest absolute Gasteiger partial charge is 0.465 e. The molecule has 10 heteroatoms. The molecule has 0 saturated carbocycles. The molecule has 3 fully saturated rings. The number of rotatable bonds is 7. The number of aliphatic hydroxyl groups excluding tert-OH is 1. The quantitative estimate of drug-likeness (QED) is 0.382. The lowest BCUT2D eigenvalue weighted by molar-refractivity contribution is -0.153. The van der Waals surface area contributed by atoms with Crippen LogP contribution in [0.25, 0.3) is 0 Å². The molecule has 5 aliphatic heterocycles. The predicted molar refractivity (Wildman–Crippen MR) is 155 cm³/mol. The highest BCUT2D eigenvalue weighted by Gasteiger charge is 2.71. The topological polar surface area (TPSA) is 99.6 Å². The van der Waals surface area contributed by atoms with E-state index in [2.05, 4.69) is 11.0 Å². The van der Waals surface area contributed by atoms with E-state index in [1.165, 1.54) is 0 Å². The molecule has 0 aliphatic carbocycles. The second-order valence-corrected chi connectivity index (χ2v) is 13.0. The number of morpholine rings is 1. The van der Waals surface area contributed by atoms with Crippen LogP contribution in [-0.4, -0.2) is 119 Å². The van der Waals surface area contributed by atoms with Gasteiger partial charge in [-0.2, -0.15) is 0 Å². The van der Waals surface area contributed by atoms with Gasteiger partial charge in [-0.05, 0) is 24.8 Å². The third kappa shape index (κ3) is 5.35. The fourth-order valence-electron chi connectivity index (χ4n) is 7.06. The van der Waals surface area contributed by atoms with Crippen LogP contribution >= 0.6 is 11.8 Å². The molecule has 1 spiro atoms. The molecule has 41 heavy (non-hydrogen) atoms. The van der Waals surface area contributed by atoms with Crippen LogP contribution in [0.1, 0.15) is 18.4 Å². The highest BCUT2D eigenvalue weighted by molar-refractivity contribution is 8.02. The molecule has 3 saturated heterocycles. The lowest BCUT2D eigenvalue weighted by Gasteiger charge is -2.39. The minimum atomic E-state index is -0.927. The fraction of sp³-hybridized carbons (Fsp3) is 0.581. The Morgan fingerprint density at radius 3 is 2.61 bits per heavy atom. The van der Waals surface area contributed by atoms with Crippen LogP contribution in [0.2, 0.25) is 0 Å². The molecule has 0 bridgehead atoms. The van der Waals surface area contributed by atoms with Gasteiger partial charge in [0, 0.05) is 38.0 Å². The lowest BCUT2D eigenvalue weighted by atomic mass is 9.78. The van der Waals surface area contributed by atoms with Crippen molar-refractivity contribution < 1.29 is 29.0 Å². The van der Waals surface area contributed by atoms with Gasteiger partial charge in [0.2, 0.25) is 11.8 Å². The second-order valence-electron chi connectivity index (χ2n) is 11.5. The van der Waals surface area contributed by atoms with Crippen molar-refractivity contribution >= 4 is 29.5 Å². The van der Waals surface area contributed by atoms with Crippen molar-refractivity contribution in [1.29, 1.82) is 0 Å². The van der Waals surface area contributed by atoms with Crippen molar-refractivity contribution in [2.45, 2.75) is 41.3 Å². The number of hydrogen-bond acceptors (Lipinski definition) is 8. The SMILES string of the molecule is O=C1OCCC/C=C\[C@H]2S[C@]34C=CCN(CCN5CCOCC5)C(=O)C3N([C@@H](CO)Cc3ccccc3)C(=O)[C@@H]4[C@@H]12. The van der Waals surface area contributed by atoms with Crippen LogP contribution in [0.5, 0.6) is 0 Å². The molecule has 0 aromatic heterocycles. The zero-order valence-corrected chi connectivity index (χ0v) is 24.1. The number of cyclic esters (lactones) is 1. The van der Waals surface area contributed by atoms with E-state index in [0.717, 1.165) is 38.0 Å². The van der Waals surface area contributed by atoms with E-state index in [4.69, 9.17) is 9.47 Å². The molecule has 1 N–H and O–H groups in total. The smallest absolute Gasteiger partial charge is 0.311 e. The zero-order chi connectivity index (χ0) is 28.4. The van der Waals surface area contributed by atoms with Crippen molar-refractivity contribution in [3.05, 3.63) is 60.2 Å². The average molecular weight is 582 g/mol. The molecule has 6 atom stereocenters. The van der Waals surface area contributed by atoms with Crippen molar-refractivity contribution in [2.75, 3.05) is 59.2 Å². The van der Waals surface area contributed by atoms with Gasteiger partial charge >= 0.3 is 5.97 Å². The summed E-state index contributed by atoms with van der Waals surface area (Å²) in [5.74, 6) is -2.18. The maximum absolute atomic E-state index is 14.6. The second kappa shape index (κ2) is 12.3. The van der Waals surface area contributed by atoms with Crippen LogP contribution in [0, 0.1) is 11.8 Å². The highest BCUT2D eigenvalue weighted by Crippen LogP contribution is 2.61. The third-order valence-corrected chi connectivity index (χ3v) is 10.8. The molecule has 5 heterocycles. The first-order chi connectivity index (χ1) is 20.0. The average Bonchev–Trinajstić information content (AvgIpc) is 3.41. The van der Waals surface area contributed by atoms with Crippen molar-refractivity contribution in [3.8, 4) is 0 Å².